The van der Waals surface area contributed by atoms with Crippen LogP contribution in [0.4, 0.5) is 5.00 Å². The lowest BCUT2D eigenvalue weighted by Crippen LogP contribution is -2.17. The molecular weight excluding hydrogens is 390 g/mol. The van der Waals surface area contributed by atoms with Crippen molar-refractivity contribution in [2.24, 2.45) is 5.73 Å². The van der Waals surface area contributed by atoms with Gasteiger partial charge in [-0.2, -0.15) is 0 Å². The van der Waals surface area contributed by atoms with Crippen LogP contribution in [0.5, 0.6) is 0 Å². The molecule has 146 valence electrons. The normalized spacial score (nSPS) is 11.0. The summed E-state index contributed by atoms with van der Waals surface area (Å²) in [5, 5.41) is 5.44. The van der Waals surface area contributed by atoms with Gasteiger partial charge in [-0.05, 0) is 50.5 Å². The number of thiophene rings is 1. The predicted molar refractivity (Wildman–Crippen MR) is 117 cm³/mol. The van der Waals surface area contributed by atoms with Crippen LogP contribution < -0.4 is 11.1 Å². The summed E-state index contributed by atoms with van der Waals surface area (Å²) in [7, 11) is 0. The van der Waals surface area contributed by atoms with E-state index in [1.54, 1.807) is 11.8 Å². The number of nitrogens with two attached hydrogens (primary N) is 1. The monoisotopic (exact) mass is 413 g/mol. The highest BCUT2D eigenvalue weighted by molar-refractivity contribution is 7.99. The molecule has 0 aliphatic rings. The summed E-state index contributed by atoms with van der Waals surface area (Å²) in [5.74, 6) is -0.0482. The number of hydrogen-bond donors (Lipinski definition) is 2. The van der Waals surface area contributed by atoms with Gasteiger partial charge in [-0.25, -0.2) is 4.98 Å². The lowest BCUT2D eigenvalue weighted by atomic mass is 10.1. The third kappa shape index (κ3) is 4.20. The first-order valence-corrected chi connectivity index (χ1v) is 10.8. The van der Waals surface area contributed by atoms with Gasteiger partial charge in [0, 0.05) is 22.4 Å². The standard InChI is InChI=1S/C21H23N3O2S2/c1-11-6-5-7-15-12(2)10-17(24-19(11)15)27-9-8-16(25)23-21-18(20(22)26)13(3)14(4)28-21/h5-7,10H,8-9H2,1-4H3,(H2,22,26)(H,23,25). The number of benzene rings is 1. The minimum atomic E-state index is -0.516. The number of amides is 2. The summed E-state index contributed by atoms with van der Waals surface area (Å²) in [6.07, 6.45) is 0.325. The second-order valence-corrected chi connectivity index (χ2v) is 9.09. The molecule has 2 heterocycles. The maximum Gasteiger partial charge on any atom is 0.251 e. The van der Waals surface area contributed by atoms with Crippen LogP contribution in [0.25, 0.3) is 10.9 Å². The van der Waals surface area contributed by atoms with Crippen molar-refractivity contribution in [3.05, 3.63) is 51.4 Å². The Balaban J connectivity index is 1.65. The second-order valence-electron chi connectivity index (χ2n) is 6.75. The molecule has 3 aromatic rings. The molecule has 7 heteroatoms. The molecule has 0 saturated heterocycles. The SMILES string of the molecule is Cc1sc(NC(=O)CCSc2cc(C)c3cccc(C)c3n2)c(C(N)=O)c1C. The summed E-state index contributed by atoms with van der Waals surface area (Å²) in [4.78, 5) is 29.7. The summed E-state index contributed by atoms with van der Waals surface area (Å²) in [5.41, 5.74) is 10.0. The van der Waals surface area contributed by atoms with E-state index in [2.05, 4.69) is 37.4 Å². The molecule has 3 N–H and O–H groups in total. The summed E-state index contributed by atoms with van der Waals surface area (Å²) in [6, 6.07) is 8.23. The van der Waals surface area contributed by atoms with Crippen molar-refractivity contribution in [1.29, 1.82) is 0 Å². The Kier molecular flexibility index (Phi) is 6.05. The number of pyridine rings is 1. The molecule has 28 heavy (non-hydrogen) atoms. The van der Waals surface area contributed by atoms with Crippen molar-refractivity contribution in [2.75, 3.05) is 11.1 Å². The van der Waals surface area contributed by atoms with Gasteiger partial charge in [0.1, 0.15) is 5.00 Å². The Bertz CT molecular complexity index is 1070. The average Bonchev–Trinajstić information content (AvgIpc) is 2.89. The molecular formula is C21H23N3O2S2. The molecule has 0 unspecified atom stereocenters. The minimum absolute atomic E-state index is 0.134. The van der Waals surface area contributed by atoms with E-state index in [9.17, 15) is 9.59 Å². The summed E-state index contributed by atoms with van der Waals surface area (Å²) < 4.78 is 0. The first kappa shape index (κ1) is 20.4. The fraction of sp³-hybridized carbons (Fsp3) is 0.286. The number of rotatable bonds is 6. The second kappa shape index (κ2) is 8.32. The first-order chi connectivity index (χ1) is 13.3. The molecule has 0 radical (unpaired) electrons. The van der Waals surface area contributed by atoms with Crippen molar-refractivity contribution in [1.82, 2.24) is 4.98 Å². The Morgan fingerprint density at radius 3 is 2.64 bits per heavy atom. The summed E-state index contributed by atoms with van der Waals surface area (Å²) in [6.45, 7) is 7.88. The van der Waals surface area contributed by atoms with E-state index in [1.165, 1.54) is 16.9 Å². The number of nitrogens with zero attached hydrogens (tertiary/aromatic N) is 1. The minimum Gasteiger partial charge on any atom is -0.365 e. The third-order valence-electron chi connectivity index (χ3n) is 4.69. The zero-order chi connectivity index (χ0) is 20.4. The molecule has 0 atom stereocenters. The van der Waals surface area contributed by atoms with Gasteiger partial charge in [-0.1, -0.05) is 18.2 Å². The Morgan fingerprint density at radius 1 is 1.18 bits per heavy atom. The van der Waals surface area contributed by atoms with Crippen molar-refractivity contribution in [3.63, 3.8) is 0 Å². The number of carbonyl (C=O) groups excluding carboxylic acids is 2. The van der Waals surface area contributed by atoms with Crippen LogP contribution in [0, 0.1) is 27.7 Å². The molecule has 3 rings (SSSR count). The van der Waals surface area contributed by atoms with E-state index in [4.69, 9.17) is 10.7 Å². The van der Waals surface area contributed by atoms with Gasteiger partial charge in [0.2, 0.25) is 5.91 Å². The largest absolute Gasteiger partial charge is 0.365 e. The van der Waals surface area contributed by atoms with Crippen LogP contribution >= 0.6 is 23.1 Å². The van der Waals surface area contributed by atoms with Gasteiger partial charge in [0.15, 0.2) is 0 Å². The number of aryl methyl sites for hydroxylation is 3. The fourth-order valence-electron chi connectivity index (χ4n) is 3.05. The molecule has 0 saturated carbocycles. The van der Waals surface area contributed by atoms with E-state index >= 15 is 0 Å². The van der Waals surface area contributed by atoms with Crippen molar-refractivity contribution in [2.45, 2.75) is 39.1 Å². The van der Waals surface area contributed by atoms with Crippen LogP contribution in [-0.2, 0) is 4.79 Å². The smallest absolute Gasteiger partial charge is 0.251 e. The highest BCUT2D eigenvalue weighted by atomic mass is 32.2. The first-order valence-electron chi connectivity index (χ1n) is 8.97. The van der Waals surface area contributed by atoms with Gasteiger partial charge in [-0.15, -0.1) is 23.1 Å². The number of anilines is 1. The number of aromatic nitrogens is 1. The van der Waals surface area contributed by atoms with Crippen LogP contribution in [0.2, 0.25) is 0 Å². The highest BCUT2D eigenvalue weighted by Crippen LogP contribution is 2.32. The van der Waals surface area contributed by atoms with Crippen molar-refractivity contribution in [3.8, 4) is 0 Å². The van der Waals surface area contributed by atoms with Crippen molar-refractivity contribution < 1.29 is 9.59 Å². The molecule has 0 fully saturated rings. The van der Waals surface area contributed by atoms with E-state index in [0.717, 1.165) is 31.9 Å². The fourth-order valence-corrected chi connectivity index (χ4v) is 5.05. The van der Waals surface area contributed by atoms with Crippen LogP contribution in [0.15, 0.2) is 29.3 Å². The Labute approximate surface area is 172 Å². The molecule has 0 aliphatic heterocycles. The van der Waals surface area contributed by atoms with Crippen LogP contribution in [-0.4, -0.2) is 22.6 Å². The molecule has 0 aliphatic carbocycles. The average molecular weight is 414 g/mol. The van der Waals surface area contributed by atoms with Gasteiger partial charge in [0.05, 0.1) is 16.1 Å². The molecule has 1 aromatic carbocycles. The van der Waals surface area contributed by atoms with Gasteiger partial charge in [-0.3, -0.25) is 9.59 Å². The van der Waals surface area contributed by atoms with Gasteiger partial charge >= 0.3 is 0 Å². The highest BCUT2D eigenvalue weighted by Gasteiger charge is 2.18. The maximum absolute atomic E-state index is 12.3. The number of carbonyl (C=O) groups is 2. The Hall–Kier alpha value is -2.38. The zero-order valence-electron chi connectivity index (χ0n) is 16.4. The topological polar surface area (TPSA) is 85.1 Å². The number of fused-ring (bicyclic) bond motifs is 1. The zero-order valence-corrected chi connectivity index (χ0v) is 18.0. The summed E-state index contributed by atoms with van der Waals surface area (Å²) >= 11 is 2.94. The number of para-hydroxylation sites is 1. The molecule has 0 spiro atoms. The van der Waals surface area contributed by atoms with Crippen LogP contribution in [0.1, 0.15) is 38.3 Å². The number of nitrogens with one attached hydrogen (secondary N) is 1. The molecule has 2 aromatic heterocycles. The van der Waals surface area contributed by atoms with Crippen molar-refractivity contribution >= 4 is 50.8 Å². The maximum atomic E-state index is 12.3. The molecule has 2 amide bonds. The Morgan fingerprint density at radius 2 is 1.93 bits per heavy atom. The van der Waals surface area contributed by atoms with E-state index < -0.39 is 5.91 Å². The number of thioether (sulfide) groups is 1. The van der Waals surface area contributed by atoms with Gasteiger partial charge in [0.25, 0.3) is 5.91 Å². The lowest BCUT2D eigenvalue weighted by molar-refractivity contribution is -0.115. The van der Waals surface area contributed by atoms with Gasteiger partial charge < -0.3 is 11.1 Å². The van der Waals surface area contributed by atoms with Crippen LogP contribution in [0.3, 0.4) is 0 Å². The quantitative estimate of drug-likeness (QED) is 0.571. The van der Waals surface area contributed by atoms with E-state index in [0.29, 0.717) is 22.7 Å². The number of hydrogen-bond acceptors (Lipinski definition) is 5. The van der Waals surface area contributed by atoms with E-state index in [-0.39, 0.29) is 5.91 Å². The third-order valence-corrected chi connectivity index (χ3v) is 6.72. The molecule has 0 bridgehead atoms. The number of primary amides is 1. The van der Waals surface area contributed by atoms with E-state index in [1.807, 2.05) is 19.9 Å². The molecule has 5 nitrogen and oxygen atoms in total. The lowest BCUT2D eigenvalue weighted by Gasteiger charge is -2.08. The predicted octanol–water partition coefficient (Wildman–Crippen LogP) is 4.75.